The molecular weight excluding hydrogens is 370 g/mol. The maximum absolute atomic E-state index is 9.87. The summed E-state index contributed by atoms with van der Waals surface area (Å²) in [5.74, 6) is 2.33. The highest BCUT2D eigenvalue weighted by atomic mass is 16.5. The Morgan fingerprint density at radius 2 is 1.45 bits per heavy atom. The molecule has 1 atom stereocenters. The van der Waals surface area contributed by atoms with Gasteiger partial charge in [-0.2, -0.15) is 0 Å². The molecule has 0 saturated heterocycles. The Balaban J connectivity index is 1.56. The molecule has 0 aromatic heterocycles. The second-order valence-electron chi connectivity index (χ2n) is 7.06. The fourth-order valence-electron chi connectivity index (χ4n) is 2.56. The lowest BCUT2D eigenvalue weighted by Gasteiger charge is -2.15. The largest absolute Gasteiger partial charge is 0.497 e. The molecule has 0 heterocycles. The van der Waals surface area contributed by atoms with Crippen LogP contribution in [0, 0.1) is 0 Å². The molecule has 160 valence electrons. The van der Waals surface area contributed by atoms with Crippen molar-refractivity contribution in [3.05, 3.63) is 54.1 Å². The van der Waals surface area contributed by atoms with E-state index in [9.17, 15) is 5.11 Å². The first kappa shape index (κ1) is 23.0. The number of aliphatic hydroxyl groups excluding tert-OH is 1. The van der Waals surface area contributed by atoms with Crippen LogP contribution in [0.1, 0.15) is 19.4 Å². The molecule has 0 bridgehead atoms. The molecule has 0 aliphatic heterocycles. The summed E-state index contributed by atoms with van der Waals surface area (Å²) < 4.78 is 22.0. The van der Waals surface area contributed by atoms with E-state index in [4.69, 9.17) is 18.9 Å². The molecule has 0 aliphatic carbocycles. The molecular formula is C23H33NO5. The van der Waals surface area contributed by atoms with Crippen molar-refractivity contribution in [3.8, 4) is 17.2 Å². The van der Waals surface area contributed by atoms with Gasteiger partial charge in [-0.25, -0.2) is 0 Å². The van der Waals surface area contributed by atoms with Gasteiger partial charge in [0.15, 0.2) is 0 Å². The quantitative estimate of drug-likeness (QED) is 0.473. The van der Waals surface area contributed by atoms with E-state index in [2.05, 4.69) is 5.32 Å². The lowest BCUT2D eigenvalue weighted by Crippen LogP contribution is -2.35. The summed E-state index contributed by atoms with van der Waals surface area (Å²) in [6, 6.07) is 15.7. The summed E-state index contributed by atoms with van der Waals surface area (Å²) in [6.45, 7) is 6.51. The third-order valence-electron chi connectivity index (χ3n) is 4.22. The molecule has 2 aromatic rings. The molecule has 2 aromatic carbocycles. The maximum Gasteiger partial charge on any atom is 0.119 e. The molecule has 6 nitrogen and oxygen atoms in total. The van der Waals surface area contributed by atoms with E-state index in [-0.39, 0.29) is 6.61 Å². The molecule has 6 heteroatoms. The highest BCUT2D eigenvalue weighted by molar-refractivity contribution is 5.31. The molecule has 0 amide bonds. The van der Waals surface area contributed by atoms with Gasteiger partial charge in [0.05, 0.1) is 20.3 Å². The van der Waals surface area contributed by atoms with Crippen LogP contribution >= 0.6 is 0 Å². The third-order valence-corrected chi connectivity index (χ3v) is 4.22. The standard InChI is InChI=1S/C23H33NO5/c1-18(2)24-16-20(25)17-29-23-10-8-22(9-11-23)28-15-14-27-13-12-19-4-6-21(26-3)7-5-19/h4-11,18,20,24-25H,12-17H2,1-3H3. The zero-order valence-corrected chi connectivity index (χ0v) is 17.6. The summed E-state index contributed by atoms with van der Waals surface area (Å²) in [5, 5.41) is 13.0. The smallest absolute Gasteiger partial charge is 0.119 e. The van der Waals surface area contributed by atoms with Gasteiger partial charge in [0.2, 0.25) is 0 Å². The maximum atomic E-state index is 9.87. The molecule has 1 unspecified atom stereocenters. The van der Waals surface area contributed by atoms with Gasteiger partial charge in [-0.05, 0) is 48.4 Å². The van der Waals surface area contributed by atoms with Crippen molar-refractivity contribution in [3.63, 3.8) is 0 Å². The Morgan fingerprint density at radius 1 is 0.828 bits per heavy atom. The van der Waals surface area contributed by atoms with Gasteiger partial charge in [0.25, 0.3) is 0 Å². The van der Waals surface area contributed by atoms with Gasteiger partial charge >= 0.3 is 0 Å². The molecule has 0 radical (unpaired) electrons. The summed E-state index contributed by atoms with van der Waals surface area (Å²) in [5.41, 5.74) is 1.22. The van der Waals surface area contributed by atoms with Gasteiger partial charge in [-0.3, -0.25) is 0 Å². The van der Waals surface area contributed by atoms with E-state index >= 15 is 0 Å². The lowest BCUT2D eigenvalue weighted by atomic mass is 10.1. The van der Waals surface area contributed by atoms with Crippen LogP contribution in [0.4, 0.5) is 0 Å². The van der Waals surface area contributed by atoms with E-state index in [1.54, 1.807) is 7.11 Å². The van der Waals surface area contributed by atoms with Crippen LogP contribution < -0.4 is 19.5 Å². The van der Waals surface area contributed by atoms with E-state index in [1.165, 1.54) is 5.56 Å². The summed E-state index contributed by atoms with van der Waals surface area (Å²) >= 11 is 0. The topological polar surface area (TPSA) is 69.2 Å². The number of aliphatic hydroxyl groups is 1. The van der Waals surface area contributed by atoms with Crippen molar-refractivity contribution in [2.24, 2.45) is 0 Å². The van der Waals surface area contributed by atoms with Crippen LogP contribution in [-0.4, -0.2) is 57.3 Å². The normalized spacial score (nSPS) is 12.0. The third kappa shape index (κ3) is 9.65. The SMILES string of the molecule is COc1ccc(CCOCCOc2ccc(OCC(O)CNC(C)C)cc2)cc1. The number of rotatable bonds is 14. The second-order valence-corrected chi connectivity index (χ2v) is 7.06. The first-order chi connectivity index (χ1) is 14.1. The van der Waals surface area contributed by atoms with Crippen LogP contribution in [0.3, 0.4) is 0 Å². The average Bonchev–Trinajstić information content (AvgIpc) is 2.74. The van der Waals surface area contributed by atoms with Crippen molar-refractivity contribution in [2.75, 3.05) is 40.1 Å². The van der Waals surface area contributed by atoms with E-state index in [0.29, 0.717) is 38.2 Å². The number of hydrogen-bond acceptors (Lipinski definition) is 6. The van der Waals surface area contributed by atoms with Crippen LogP contribution in [-0.2, 0) is 11.2 Å². The van der Waals surface area contributed by atoms with Gasteiger partial charge in [0.1, 0.15) is 36.6 Å². The molecule has 29 heavy (non-hydrogen) atoms. The summed E-state index contributed by atoms with van der Waals surface area (Å²) in [6.07, 6.45) is 0.317. The van der Waals surface area contributed by atoms with Gasteiger partial charge in [-0.1, -0.05) is 26.0 Å². The Hall–Kier alpha value is -2.28. The van der Waals surface area contributed by atoms with Gasteiger partial charge in [-0.15, -0.1) is 0 Å². The van der Waals surface area contributed by atoms with Crippen molar-refractivity contribution >= 4 is 0 Å². The minimum Gasteiger partial charge on any atom is -0.497 e. The van der Waals surface area contributed by atoms with Crippen molar-refractivity contribution in [1.82, 2.24) is 5.32 Å². The fourth-order valence-corrected chi connectivity index (χ4v) is 2.56. The Morgan fingerprint density at radius 3 is 2.07 bits per heavy atom. The molecule has 2 N–H and O–H groups in total. The first-order valence-corrected chi connectivity index (χ1v) is 10.0. The summed E-state index contributed by atoms with van der Waals surface area (Å²) in [7, 11) is 1.66. The molecule has 0 saturated carbocycles. The number of hydrogen-bond donors (Lipinski definition) is 2. The van der Waals surface area contributed by atoms with Gasteiger partial charge in [0, 0.05) is 12.6 Å². The zero-order valence-electron chi connectivity index (χ0n) is 17.6. The number of benzene rings is 2. The molecule has 0 spiro atoms. The minimum atomic E-state index is -0.539. The molecule has 0 aliphatic rings. The monoisotopic (exact) mass is 403 g/mol. The predicted octanol–water partition coefficient (Wildman–Crippen LogP) is 3.07. The number of methoxy groups -OCH3 is 1. The molecule has 2 rings (SSSR count). The Bertz CT molecular complexity index is 673. The fraction of sp³-hybridized carbons (Fsp3) is 0.478. The second kappa shape index (κ2) is 13.0. The lowest BCUT2D eigenvalue weighted by molar-refractivity contribution is 0.102. The highest BCUT2D eigenvalue weighted by Crippen LogP contribution is 2.17. The van der Waals surface area contributed by atoms with Crippen molar-refractivity contribution in [2.45, 2.75) is 32.4 Å². The zero-order chi connectivity index (χ0) is 20.9. The van der Waals surface area contributed by atoms with E-state index < -0.39 is 6.10 Å². The average molecular weight is 404 g/mol. The predicted molar refractivity (Wildman–Crippen MR) is 114 cm³/mol. The van der Waals surface area contributed by atoms with Crippen LogP contribution in [0.2, 0.25) is 0 Å². The van der Waals surface area contributed by atoms with Crippen LogP contribution in [0.5, 0.6) is 17.2 Å². The Labute approximate surface area is 173 Å². The highest BCUT2D eigenvalue weighted by Gasteiger charge is 2.06. The molecule has 0 fully saturated rings. The number of ether oxygens (including phenoxy) is 4. The van der Waals surface area contributed by atoms with E-state index in [1.807, 2.05) is 62.4 Å². The van der Waals surface area contributed by atoms with Crippen molar-refractivity contribution < 1.29 is 24.1 Å². The first-order valence-electron chi connectivity index (χ1n) is 10.0. The van der Waals surface area contributed by atoms with Crippen LogP contribution in [0.25, 0.3) is 0 Å². The van der Waals surface area contributed by atoms with Gasteiger partial charge < -0.3 is 29.4 Å². The Kier molecular flexibility index (Phi) is 10.3. The van der Waals surface area contributed by atoms with Crippen molar-refractivity contribution in [1.29, 1.82) is 0 Å². The number of nitrogens with one attached hydrogen (secondary N) is 1. The summed E-state index contributed by atoms with van der Waals surface area (Å²) in [4.78, 5) is 0. The van der Waals surface area contributed by atoms with Crippen LogP contribution in [0.15, 0.2) is 48.5 Å². The van der Waals surface area contributed by atoms with E-state index in [0.717, 1.165) is 17.9 Å². The minimum absolute atomic E-state index is 0.252.